The van der Waals surface area contributed by atoms with E-state index in [1.54, 1.807) is 27.7 Å². The van der Waals surface area contributed by atoms with E-state index < -0.39 is 28.9 Å². The second-order valence-electron chi connectivity index (χ2n) is 7.04. The van der Waals surface area contributed by atoms with E-state index in [2.05, 4.69) is 4.74 Å². The molecule has 0 aliphatic carbocycles. The van der Waals surface area contributed by atoms with Crippen molar-refractivity contribution in [3.05, 3.63) is 0 Å². The van der Waals surface area contributed by atoms with E-state index in [4.69, 9.17) is 9.47 Å². The summed E-state index contributed by atoms with van der Waals surface area (Å²) >= 11 is 1.25. The molecule has 1 N–H and O–H groups in total. The van der Waals surface area contributed by atoms with Crippen LogP contribution in [0.25, 0.3) is 0 Å². The maximum Gasteiger partial charge on any atom is 0.315 e. The summed E-state index contributed by atoms with van der Waals surface area (Å²) in [5.41, 5.74) is -1.31. The van der Waals surface area contributed by atoms with Crippen molar-refractivity contribution in [1.82, 2.24) is 0 Å². The lowest BCUT2D eigenvalue weighted by Gasteiger charge is -2.21. The minimum Gasteiger partial charge on any atom is -0.469 e. The van der Waals surface area contributed by atoms with Crippen molar-refractivity contribution in [2.75, 3.05) is 31.8 Å². The number of thioether (sulfide) groups is 1. The molecule has 146 valence electrons. The van der Waals surface area contributed by atoms with Gasteiger partial charge in [-0.1, -0.05) is 6.92 Å². The summed E-state index contributed by atoms with van der Waals surface area (Å²) < 4.78 is 14.6. The highest BCUT2D eigenvalue weighted by molar-refractivity contribution is 7.99. The van der Waals surface area contributed by atoms with E-state index >= 15 is 0 Å². The Kier molecular flexibility index (Phi) is 10.1. The van der Waals surface area contributed by atoms with Crippen LogP contribution in [0.15, 0.2) is 0 Å². The monoisotopic (exact) mass is 378 g/mol. The molecule has 0 aliphatic rings. The van der Waals surface area contributed by atoms with Crippen molar-refractivity contribution < 1.29 is 33.7 Å². The van der Waals surface area contributed by atoms with Gasteiger partial charge in [-0.05, 0) is 34.1 Å². The number of carbonyl (C=O) groups excluding carboxylic acids is 3. The molecule has 0 bridgehead atoms. The minimum atomic E-state index is -1.07. The molecule has 0 heterocycles. The first-order chi connectivity index (χ1) is 11.5. The highest BCUT2D eigenvalue weighted by Gasteiger charge is 2.29. The van der Waals surface area contributed by atoms with Crippen molar-refractivity contribution in [3.63, 3.8) is 0 Å². The summed E-state index contributed by atoms with van der Waals surface area (Å²) in [6.07, 6.45) is -0.451. The first-order valence-electron chi connectivity index (χ1n) is 8.13. The third-order valence-corrected chi connectivity index (χ3v) is 5.07. The molecule has 0 rings (SSSR count). The Morgan fingerprint density at radius 2 is 1.56 bits per heavy atom. The fourth-order valence-electron chi connectivity index (χ4n) is 1.52. The SMILES string of the molecule is CCC(C)(C)C(=O)OCC(O)COC(=O)CSCC(C)(C)C(=O)OC. The van der Waals surface area contributed by atoms with Crippen LogP contribution in [-0.4, -0.2) is 60.9 Å². The van der Waals surface area contributed by atoms with Crippen LogP contribution in [0.5, 0.6) is 0 Å². The average molecular weight is 378 g/mol. The molecular formula is C17H30O7S. The van der Waals surface area contributed by atoms with E-state index in [9.17, 15) is 19.5 Å². The number of esters is 3. The van der Waals surface area contributed by atoms with Crippen LogP contribution >= 0.6 is 11.8 Å². The van der Waals surface area contributed by atoms with Gasteiger partial charge >= 0.3 is 17.9 Å². The van der Waals surface area contributed by atoms with Gasteiger partial charge in [-0.2, -0.15) is 0 Å². The number of hydrogen-bond donors (Lipinski definition) is 1. The summed E-state index contributed by atoms with van der Waals surface area (Å²) in [6, 6.07) is 0. The molecule has 0 aliphatic heterocycles. The molecule has 0 radical (unpaired) electrons. The zero-order valence-electron chi connectivity index (χ0n) is 15.9. The molecular weight excluding hydrogens is 348 g/mol. The van der Waals surface area contributed by atoms with Gasteiger partial charge in [-0.15, -0.1) is 11.8 Å². The predicted molar refractivity (Wildman–Crippen MR) is 95.1 cm³/mol. The summed E-state index contributed by atoms with van der Waals surface area (Å²) in [5, 5.41) is 9.72. The van der Waals surface area contributed by atoms with Gasteiger partial charge in [-0.3, -0.25) is 14.4 Å². The van der Waals surface area contributed by atoms with Gasteiger partial charge in [0.25, 0.3) is 0 Å². The van der Waals surface area contributed by atoms with Crippen LogP contribution in [0.1, 0.15) is 41.0 Å². The van der Waals surface area contributed by atoms with Crippen LogP contribution in [-0.2, 0) is 28.6 Å². The van der Waals surface area contributed by atoms with Crippen molar-refractivity contribution in [1.29, 1.82) is 0 Å². The Labute approximate surface area is 153 Å². The van der Waals surface area contributed by atoms with Gasteiger partial charge in [0.2, 0.25) is 0 Å². The summed E-state index contributed by atoms with van der Waals surface area (Å²) in [6.45, 7) is 8.37. The number of aliphatic hydroxyl groups excluding tert-OH is 1. The maximum absolute atomic E-state index is 11.8. The van der Waals surface area contributed by atoms with E-state index in [-0.39, 0.29) is 24.9 Å². The number of rotatable bonds is 11. The molecule has 25 heavy (non-hydrogen) atoms. The molecule has 0 saturated heterocycles. The summed E-state index contributed by atoms with van der Waals surface area (Å²) in [4.78, 5) is 34.9. The number of methoxy groups -OCH3 is 1. The second kappa shape index (κ2) is 10.7. The number of aliphatic hydroxyl groups is 1. The average Bonchev–Trinajstić information content (AvgIpc) is 2.56. The Balaban J connectivity index is 4.03. The second-order valence-corrected chi connectivity index (χ2v) is 8.03. The predicted octanol–water partition coefficient (Wildman–Crippen LogP) is 1.80. The smallest absolute Gasteiger partial charge is 0.315 e. The standard InChI is InChI=1S/C17H30O7S/c1-7-16(2,3)15(21)24-9-12(18)8-23-13(19)10-25-11-17(4,5)14(20)22-6/h12,18H,7-11H2,1-6H3. The first-order valence-corrected chi connectivity index (χ1v) is 9.28. The molecule has 0 spiro atoms. The summed E-state index contributed by atoms with van der Waals surface area (Å²) in [5.74, 6) is -0.803. The van der Waals surface area contributed by atoms with E-state index in [1.807, 2.05) is 6.92 Å². The lowest BCUT2D eigenvalue weighted by Crippen LogP contribution is -2.31. The summed E-state index contributed by atoms with van der Waals surface area (Å²) in [7, 11) is 1.32. The van der Waals surface area contributed by atoms with Crippen molar-refractivity contribution in [2.24, 2.45) is 10.8 Å². The van der Waals surface area contributed by atoms with Crippen LogP contribution < -0.4 is 0 Å². The van der Waals surface area contributed by atoms with Gasteiger partial charge in [0.15, 0.2) is 0 Å². The minimum absolute atomic E-state index is 0.0514. The quantitative estimate of drug-likeness (QED) is 0.429. The fourth-order valence-corrected chi connectivity index (χ4v) is 2.50. The highest BCUT2D eigenvalue weighted by atomic mass is 32.2. The Hall–Kier alpha value is -1.28. The topological polar surface area (TPSA) is 99.1 Å². The molecule has 7 nitrogen and oxygen atoms in total. The first kappa shape index (κ1) is 23.7. The van der Waals surface area contributed by atoms with Gasteiger partial charge in [-0.25, -0.2) is 0 Å². The molecule has 0 fully saturated rings. The number of hydrogen-bond acceptors (Lipinski definition) is 8. The van der Waals surface area contributed by atoms with E-state index in [0.717, 1.165) is 0 Å². The van der Waals surface area contributed by atoms with Crippen LogP contribution in [0.4, 0.5) is 0 Å². The van der Waals surface area contributed by atoms with Crippen LogP contribution in [0.2, 0.25) is 0 Å². The largest absolute Gasteiger partial charge is 0.469 e. The van der Waals surface area contributed by atoms with Gasteiger partial charge < -0.3 is 19.3 Å². The molecule has 1 atom stereocenters. The molecule has 0 aromatic rings. The lowest BCUT2D eigenvalue weighted by atomic mass is 9.91. The molecule has 0 amide bonds. The van der Waals surface area contributed by atoms with Crippen LogP contribution in [0.3, 0.4) is 0 Å². The van der Waals surface area contributed by atoms with Crippen molar-refractivity contribution in [3.8, 4) is 0 Å². The maximum atomic E-state index is 11.8. The Morgan fingerprint density at radius 1 is 1.00 bits per heavy atom. The highest BCUT2D eigenvalue weighted by Crippen LogP contribution is 2.23. The van der Waals surface area contributed by atoms with Gasteiger partial charge in [0.1, 0.15) is 19.3 Å². The third-order valence-electron chi connectivity index (χ3n) is 3.70. The van der Waals surface area contributed by atoms with E-state index in [1.165, 1.54) is 18.9 Å². The van der Waals surface area contributed by atoms with Gasteiger partial charge in [0.05, 0.1) is 23.7 Å². The number of ether oxygens (including phenoxy) is 3. The van der Waals surface area contributed by atoms with Crippen LogP contribution in [0, 0.1) is 10.8 Å². The normalized spacial score (nSPS) is 13.1. The molecule has 0 saturated carbocycles. The molecule has 8 heteroatoms. The zero-order chi connectivity index (χ0) is 19.7. The molecule has 0 aromatic carbocycles. The lowest BCUT2D eigenvalue weighted by molar-refractivity contribution is -0.159. The third kappa shape index (κ3) is 9.11. The van der Waals surface area contributed by atoms with E-state index in [0.29, 0.717) is 12.2 Å². The Bertz CT molecular complexity index is 460. The molecule has 0 aromatic heterocycles. The fraction of sp³-hybridized carbons (Fsp3) is 0.824. The molecule has 1 unspecified atom stereocenters. The van der Waals surface area contributed by atoms with Gasteiger partial charge in [0, 0.05) is 5.75 Å². The zero-order valence-corrected chi connectivity index (χ0v) is 16.7. The van der Waals surface area contributed by atoms with Crippen molar-refractivity contribution >= 4 is 29.7 Å². The van der Waals surface area contributed by atoms with Crippen molar-refractivity contribution in [2.45, 2.75) is 47.1 Å². The Morgan fingerprint density at radius 3 is 2.08 bits per heavy atom. The number of carbonyl (C=O) groups is 3.